The van der Waals surface area contributed by atoms with E-state index >= 15 is 0 Å². The van der Waals surface area contributed by atoms with Crippen molar-refractivity contribution in [1.82, 2.24) is 9.88 Å². The number of nitrogens with zero attached hydrogens (tertiary/aromatic N) is 3. The third-order valence-electron chi connectivity index (χ3n) is 3.04. The van der Waals surface area contributed by atoms with Gasteiger partial charge in [0, 0.05) is 25.5 Å². The van der Waals surface area contributed by atoms with Crippen LogP contribution in [0.15, 0.2) is 42.7 Å². The summed E-state index contributed by atoms with van der Waals surface area (Å²) in [6, 6.07) is 11.8. The monoisotopic (exact) mass is 267 g/mol. The summed E-state index contributed by atoms with van der Waals surface area (Å²) in [4.78, 5) is 6.22. The number of rotatable bonds is 5. The Hall–Kier alpha value is -2.38. The SMILES string of the molecule is COc1cc(CN(C)Cc2ccncc2)ccc1C#N. The van der Waals surface area contributed by atoms with Crippen molar-refractivity contribution in [3.05, 3.63) is 59.4 Å². The molecule has 0 N–H and O–H groups in total. The lowest BCUT2D eigenvalue weighted by atomic mass is 10.1. The van der Waals surface area contributed by atoms with Crippen molar-refractivity contribution in [1.29, 1.82) is 5.26 Å². The van der Waals surface area contributed by atoms with E-state index in [1.165, 1.54) is 5.56 Å². The van der Waals surface area contributed by atoms with Gasteiger partial charge in [0.1, 0.15) is 11.8 Å². The van der Waals surface area contributed by atoms with E-state index < -0.39 is 0 Å². The normalized spacial score (nSPS) is 10.3. The average Bonchev–Trinajstić information content (AvgIpc) is 2.48. The fourth-order valence-electron chi connectivity index (χ4n) is 2.09. The maximum Gasteiger partial charge on any atom is 0.136 e. The maximum atomic E-state index is 8.97. The molecular weight excluding hydrogens is 250 g/mol. The van der Waals surface area contributed by atoms with E-state index in [1.54, 1.807) is 25.6 Å². The molecule has 0 unspecified atom stereocenters. The molecule has 0 aliphatic heterocycles. The summed E-state index contributed by atoms with van der Waals surface area (Å²) in [7, 11) is 3.64. The predicted octanol–water partition coefficient (Wildman–Crippen LogP) is 2.59. The molecule has 0 fully saturated rings. The molecule has 1 aromatic heterocycles. The highest BCUT2D eigenvalue weighted by molar-refractivity contribution is 5.45. The number of ether oxygens (including phenoxy) is 1. The lowest BCUT2D eigenvalue weighted by Gasteiger charge is -2.17. The lowest BCUT2D eigenvalue weighted by molar-refractivity contribution is 0.318. The van der Waals surface area contributed by atoms with Gasteiger partial charge in [-0.05, 0) is 42.4 Å². The van der Waals surface area contributed by atoms with Crippen LogP contribution in [-0.2, 0) is 13.1 Å². The minimum absolute atomic E-state index is 0.563. The van der Waals surface area contributed by atoms with E-state index in [1.807, 2.05) is 24.3 Å². The van der Waals surface area contributed by atoms with Crippen LogP contribution >= 0.6 is 0 Å². The van der Waals surface area contributed by atoms with Crippen LogP contribution in [0.4, 0.5) is 0 Å². The van der Waals surface area contributed by atoms with E-state index in [0.717, 1.165) is 18.7 Å². The molecule has 0 aliphatic rings. The molecule has 0 saturated carbocycles. The summed E-state index contributed by atoms with van der Waals surface area (Å²) >= 11 is 0. The Morgan fingerprint density at radius 3 is 2.50 bits per heavy atom. The van der Waals surface area contributed by atoms with Crippen molar-refractivity contribution in [2.24, 2.45) is 0 Å². The van der Waals surface area contributed by atoms with Crippen molar-refractivity contribution >= 4 is 0 Å². The topological polar surface area (TPSA) is 49.1 Å². The van der Waals surface area contributed by atoms with Gasteiger partial charge in [-0.1, -0.05) is 6.07 Å². The smallest absolute Gasteiger partial charge is 0.136 e. The summed E-state index contributed by atoms with van der Waals surface area (Å²) in [5.41, 5.74) is 2.91. The van der Waals surface area contributed by atoms with Crippen LogP contribution in [0.25, 0.3) is 0 Å². The first-order valence-corrected chi connectivity index (χ1v) is 6.37. The molecule has 20 heavy (non-hydrogen) atoms. The first kappa shape index (κ1) is 14.0. The molecule has 0 aliphatic carbocycles. The van der Waals surface area contributed by atoms with Gasteiger partial charge in [-0.15, -0.1) is 0 Å². The molecule has 0 amide bonds. The van der Waals surface area contributed by atoms with Crippen LogP contribution < -0.4 is 4.74 Å². The van der Waals surface area contributed by atoms with Crippen molar-refractivity contribution in [3.63, 3.8) is 0 Å². The zero-order chi connectivity index (χ0) is 14.4. The molecule has 1 heterocycles. The second kappa shape index (κ2) is 6.69. The van der Waals surface area contributed by atoms with E-state index in [9.17, 15) is 0 Å². The molecule has 1 aromatic carbocycles. The molecule has 2 rings (SSSR count). The zero-order valence-electron chi connectivity index (χ0n) is 11.7. The number of aromatic nitrogens is 1. The van der Waals surface area contributed by atoms with Crippen molar-refractivity contribution in [2.75, 3.05) is 14.2 Å². The summed E-state index contributed by atoms with van der Waals surface area (Å²) < 4.78 is 5.23. The van der Waals surface area contributed by atoms with Gasteiger partial charge < -0.3 is 4.74 Å². The zero-order valence-corrected chi connectivity index (χ0v) is 11.7. The number of benzene rings is 1. The summed E-state index contributed by atoms with van der Waals surface area (Å²) in [6.07, 6.45) is 3.60. The van der Waals surface area contributed by atoms with Crippen LogP contribution in [0, 0.1) is 11.3 Å². The maximum absolute atomic E-state index is 8.97. The Morgan fingerprint density at radius 2 is 1.85 bits per heavy atom. The van der Waals surface area contributed by atoms with Crippen LogP contribution in [0.2, 0.25) is 0 Å². The summed E-state index contributed by atoms with van der Waals surface area (Å²) in [5, 5.41) is 8.97. The highest BCUT2D eigenvalue weighted by Crippen LogP contribution is 2.20. The minimum Gasteiger partial charge on any atom is -0.495 e. The fourth-order valence-corrected chi connectivity index (χ4v) is 2.09. The van der Waals surface area contributed by atoms with Crippen molar-refractivity contribution < 1.29 is 4.74 Å². The molecule has 0 radical (unpaired) electrons. The van der Waals surface area contributed by atoms with E-state index in [-0.39, 0.29) is 0 Å². The van der Waals surface area contributed by atoms with Gasteiger partial charge >= 0.3 is 0 Å². The van der Waals surface area contributed by atoms with Crippen LogP contribution in [0.3, 0.4) is 0 Å². The Bertz CT molecular complexity index is 605. The van der Waals surface area contributed by atoms with Gasteiger partial charge in [-0.25, -0.2) is 0 Å². The third kappa shape index (κ3) is 3.56. The van der Waals surface area contributed by atoms with Gasteiger partial charge in [-0.3, -0.25) is 9.88 Å². The van der Waals surface area contributed by atoms with Gasteiger partial charge in [-0.2, -0.15) is 5.26 Å². The lowest BCUT2D eigenvalue weighted by Crippen LogP contribution is -2.17. The largest absolute Gasteiger partial charge is 0.495 e. The number of hydrogen-bond donors (Lipinski definition) is 0. The Balaban J connectivity index is 2.05. The van der Waals surface area contributed by atoms with Crippen LogP contribution in [0.5, 0.6) is 5.75 Å². The first-order chi connectivity index (χ1) is 9.72. The minimum atomic E-state index is 0.563. The second-order valence-electron chi connectivity index (χ2n) is 4.67. The quantitative estimate of drug-likeness (QED) is 0.835. The molecule has 102 valence electrons. The molecule has 0 atom stereocenters. The Morgan fingerprint density at radius 1 is 1.15 bits per heavy atom. The second-order valence-corrected chi connectivity index (χ2v) is 4.67. The van der Waals surface area contributed by atoms with Gasteiger partial charge in [0.25, 0.3) is 0 Å². The molecule has 4 nitrogen and oxygen atoms in total. The van der Waals surface area contributed by atoms with E-state index in [0.29, 0.717) is 11.3 Å². The number of methoxy groups -OCH3 is 1. The van der Waals surface area contributed by atoms with Crippen LogP contribution in [-0.4, -0.2) is 24.0 Å². The average molecular weight is 267 g/mol. The van der Waals surface area contributed by atoms with E-state index in [4.69, 9.17) is 10.00 Å². The molecule has 0 spiro atoms. The predicted molar refractivity (Wildman–Crippen MR) is 77.1 cm³/mol. The van der Waals surface area contributed by atoms with Crippen molar-refractivity contribution in [2.45, 2.75) is 13.1 Å². The molecular formula is C16H17N3O. The summed E-state index contributed by atoms with van der Waals surface area (Å²) in [5.74, 6) is 0.627. The standard InChI is InChI=1S/C16H17N3O/c1-19(11-13-5-7-18-8-6-13)12-14-3-4-15(10-17)16(9-14)20-2/h3-9H,11-12H2,1-2H3. The number of hydrogen-bond acceptors (Lipinski definition) is 4. The highest BCUT2D eigenvalue weighted by atomic mass is 16.5. The van der Waals surface area contributed by atoms with Gasteiger partial charge in [0.15, 0.2) is 0 Å². The third-order valence-corrected chi connectivity index (χ3v) is 3.04. The Labute approximate surface area is 119 Å². The number of pyridine rings is 1. The van der Waals surface area contributed by atoms with E-state index in [2.05, 4.69) is 23.0 Å². The highest BCUT2D eigenvalue weighted by Gasteiger charge is 2.06. The molecule has 2 aromatic rings. The van der Waals surface area contributed by atoms with Gasteiger partial charge in [0.2, 0.25) is 0 Å². The van der Waals surface area contributed by atoms with Crippen LogP contribution in [0.1, 0.15) is 16.7 Å². The molecule has 0 saturated heterocycles. The fraction of sp³-hybridized carbons (Fsp3) is 0.250. The summed E-state index contributed by atoms with van der Waals surface area (Å²) in [6.45, 7) is 1.65. The molecule has 4 heteroatoms. The van der Waals surface area contributed by atoms with Gasteiger partial charge in [0.05, 0.1) is 12.7 Å². The Kier molecular flexibility index (Phi) is 4.70. The number of nitriles is 1. The molecule has 0 bridgehead atoms. The first-order valence-electron chi connectivity index (χ1n) is 6.37. The van der Waals surface area contributed by atoms with Crippen molar-refractivity contribution in [3.8, 4) is 11.8 Å².